The molecule has 1 aromatic heterocycles. The lowest BCUT2D eigenvalue weighted by Crippen LogP contribution is -2.28. The SMILES string of the molecule is FC(F)(F)C1(c2cccc(Nc3ccc4cccc(Cl)c4n3)c2)CC1. The molecule has 0 unspecified atom stereocenters. The highest BCUT2D eigenvalue weighted by atomic mass is 35.5. The van der Waals surface area contributed by atoms with Gasteiger partial charge in [0.1, 0.15) is 5.82 Å². The predicted molar refractivity (Wildman–Crippen MR) is 93.4 cm³/mol. The van der Waals surface area contributed by atoms with Gasteiger partial charge in [-0.1, -0.05) is 35.9 Å². The number of alkyl halides is 3. The Bertz CT molecular complexity index is 949. The monoisotopic (exact) mass is 362 g/mol. The summed E-state index contributed by atoms with van der Waals surface area (Å²) in [5, 5.41) is 4.51. The summed E-state index contributed by atoms with van der Waals surface area (Å²) in [6.07, 6.45) is -3.94. The van der Waals surface area contributed by atoms with Gasteiger partial charge in [0.05, 0.1) is 16.0 Å². The molecule has 1 fully saturated rings. The summed E-state index contributed by atoms with van der Waals surface area (Å²) in [5.41, 5.74) is -0.166. The number of halogens is 4. The van der Waals surface area contributed by atoms with Gasteiger partial charge in [-0.25, -0.2) is 4.98 Å². The van der Waals surface area contributed by atoms with Gasteiger partial charge in [0.25, 0.3) is 0 Å². The standard InChI is InChI=1S/C19H14ClF3N2/c20-15-6-1-3-12-7-8-16(25-17(12)15)24-14-5-2-4-13(11-14)18(9-10-18)19(21,22)23/h1-8,11H,9-10H2,(H,24,25). The van der Waals surface area contributed by atoms with Gasteiger partial charge in [0.2, 0.25) is 0 Å². The Hall–Kier alpha value is -2.27. The van der Waals surface area contributed by atoms with Gasteiger partial charge in [-0.3, -0.25) is 0 Å². The van der Waals surface area contributed by atoms with Crippen molar-refractivity contribution in [2.75, 3.05) is 5.32 Å². The average molecular weight is 363 g/mol. The highest BCUT2D eigenvalue weighted by Crippen LogP contribution is 2.59. The Balaban J connectivity index is 1.66. The molecule has 2 aromatic carbocycles. The Kier molecular flexibility index (Phi) is 3.65. The summed E-state index contributed by atoms with van der Waals surface area (Å²) in [6.45, 7) is 0. The average Bonchev–Trinajstić information content (AvgIpc) is 3.38. The van der Waals surface area contributed by atoms with E-state index in [9.17, 15) is 13.2 Å². The van der Waals surface area contributed by atoms with Crippen LogP contribution in [0.4, 0.5) is 24.7 Å². The largest absolute Gasteiger partial charge is 0.398 e. The predicted octanol–water partition coefficient (Wildman–Crippen LogP) is 6.23. The lowest BCUT2D eigenvalue weighted by molar-refractivity contribution is -0.160. The lowest BCUT2D eigenvalue weighted by atomic mass is 9.95. The minimum atomic E-state index is -4.22. The van der Waals surface area contributed by atoms with Crippen LogP contribution in [0, 0.1) is 0 Å². The van der Waals surface area contributed by atoms with Crippen molar-refractivity contribution in [2.45, 2.75) is 24.4 Å². The number of hydrogen-bond acceptors (Lipinski definition) is 2. The van der Waals surface area contributed by atoms with Gasteiger partial charge in [-0.15, -0.1) is 0 Å². The van der Waals surface area contributed by atoms with E-state index in [0.717, 1.165) is 5.39 Å². The zero-order valence-corrected chi connectivity index (χ0v) is 13.8. The number of hydrogen-bond donors (Lipinski definition) is 1. The van der Waals surface area contributed by atoms with Crippen molar-refractivity contribution in [3.8, 4) is 0 Å². The highest BCUT2D eigenvalue weighted by molar-refractivity contribution is 6.35. The van der Waals surface area contributed by atoms with Crippen molar-refractivity contribution >= 4 is 34.0 Å². The van der Waals surface area contributed by atoms with Gasteiger partial charge in [0.15, 0.2) is 0 Å². The third-order valence-electron chi connectivity index (χ3n) is 4.65. The summed E-state index contributed by atoms with van der Waals surface area (Å²) in [6, 6.07) is 15.6. The topological polar surface area (TPSA) is 24.9 Å². The van der Waals surface area contributed by atoms with E-state index in [1.165, 1.54) is 6.07 Å². The molecule has 1 saturated carbocycles. The van der Waals surface area contributed by atoms with Crippen molar-refractivity contribution in [1.29, 1.82) is 0 Å². The van der Waals surface area contributed by atoms with Crippen molar-refractivity contribution in [1.82, 2.24) is 4.98 Å². The Labute approximate surface area is 147 Å². The number of nitrogens with one attached hydrogen (secondary N) is 1. The molecular formula is C19H14ClF3N2. The fourth-order valence-corrected chi connectivity index (χ4v) is 3.31. The van der Waals surface area contributed by atoms with E-state index in [4.69, 9.17) is 11.6 Å². The lowest BCUT2D eigenvalue weighted by Gasteiger charge is -2.20. The number of pyridine rings is 1. The fourth-order valence-electron chi connectivity index (χ4n) is 3.08. The normalized spacial score (nSPS) is 16.0. The second kappa shape index (κ2) is 5.63. The first-order valence-electron chi connectivity index (χ1n) is 7.89. The molecule has 3 aromatic rings. The van der Waals surface area contributed by atoms with Crippen LogP contribution in [0.15, 0.2) is 54.6 Å². The maximum Gasteiger partial charge on any atom is 0.398 e. The van der Waals surface area contributed by atoms with Crippen LogP contribution in [0.25, 0.3) is 10.9 Å². The zero-order chi connectivity index (χ0) is 17.7. The van der Waals surface area contributed by atoms with Gasteiger partial charge < -0.3 is 5.32 Å². The van der Waals surface area contributed by atoms with Crippen molar-refractivity contribution in [3.05, 3.63) is 65.2 Å². The number of benzene rings is 2. The van der Waals surface area contributed by atoms with Gasteiger partial charge in [-0.2, -0.15) is 13.2 Å². The number of anilines is 2. The van der Waals surface area contributed by atoms with Crippen LogP contribution >= 0.6 is 11.6 Å². The van der Waals surface area contributed by atoms with Crippen molar-refractivity contribution < 1.29 is 13.2 Å². The van der Waals surface area contributed by atoms with E-state index in [1.807, 2.05) is 18.2 Å². The molecule has 2 nitrogen and oxygen atoms in total. The summed E-state index contributed by atoms with van der Waals surface area (Å²) in [5.74, 6) is 0.537. The first-order chi connectivity index (χ1) is 11.9. The maximum atomic E-state index is 13.3. The molecule has 0 bridgehead atoms. The van der Waals surface area contributed by atoms with Crippen molar-refractivity contribution in [2.24, 2.45) is 0 Å². The summed E-state index contributed by atoms with van der Waals surface area (Å²) in [4.78, 5) is 4.46. The highest BCUT2D eigenvalue weighted by Gasteiger charge is 2.64. The number of aromatic nitrogens is 1. The first kappa shape index (κ1) is 16.2. The quantitative estimate of drug-likeness (QED) is 0.597. The number of nitrogens with zero attached hydrogens (tertiary/aromatic N) is 1. The van der Waals surface area contributed by atoms with Crippen LogP contribution < -0.4 is 5.32 Å². The van der Waals surface area contributed by atoms with E-state index in [-0.39, 0.29) is 12.8 Å². The van der Waals surface area contributed by atoms with Crippen LogP contribution in [0.1, 0.15) is 18.4 Å². The van der Waals surface area contributed by atoms with Crippen LogP contribution in [0.3, 0.4) is 0 Å². The molecule has 1 aliphatic rings. The second-order valence-electron chi connectivity index (χ2n) is 6.29. The maximum absolute atomic E-state index is 13.3. The number of para-hydroxylation sites is 1. The third kappa shape index (κ3) is 2.82. The number of fused-ring (bicyclic) bond motifs is 1. The number of rotatable bonds is 3. The smallest absolute Gasteiger partial charge is 0.340 e. The molecule has 25 heavy (non-hydrogen) atoms. The van der Waals surface area contributed by atoms with Gasteiger partial charge in [0, 0.05) is 11.1 Å². The van der Waals surface area contributed by atoms with Crippen LogP contribution in [0.2, 0.25) is 5.02 Å². The molecule has 0 amide bonds. The molecule has 4 rings (SSSR count). The minimum absolute atomic E-state index is 0.143. The zero-order valence-electron chi connectivity index (χ0n) is 13.1. The molecule has 0 spiro atoms. The molecule has 0 atom stereocenters. The molecule has 1 heterocycles. The van der Waals surface area contributed by atoms with E-state index >= 15 is 0 Å². The minimum Gasteiger partial charge on any atom is -0.340 e. The first-order valence-corrected chi connectivity index (χ1v) is 8.26. The molecule has 128 valence electrons. The van der Waals surface area contributed by atoms with E-state index in [0.29, 0.717) is 27.6 Å². The summed E-state index contributed by atoms with van der Waals surface area (Å²) < 4.78 is 39.9. The van der Waals surface area contributed by atoms with E-state index in [1.54, 1.807) is 30.3 Å². The van der Waals surface area contributed by atoms with Crippen LogP contribution in [0.5, 0.6) is 0 Å². The van der Waals surface area contributed by atoms with Crippen LogP contribution in [-0.4, -0.2) is 11.2 Å². The Morgan fingerprint density at radius 2 is 1.76 bits per heavy atom. The van der Waals surface area contributed by atoms with Gasteiger partial charge >= 0.3 is 6.18 Å². The van der Waals surface area contributed by atoms with Gasteiger partial charge in [-0.05, 0) is 48.7 Å². The molecule has 1 N–H and O–H groups in total. The van der Waals surface area contributed by atoms with E-state index in [2.05, 4.69) is 10.3 Å². The van der Waals surface area contributed by atoms with E-state index < -0.39 is 11.6 Å². The van der Waals surface area contributed by atoms with Crippen LogP contribution in [-0.2, 0) is 5.41 Å². The second-order valence-corrected chi connectivity index (χ2v) is 6.70. The fraction of sp³-hybridized carbons (Fsp3) is 0.211. The molecular weight excluding hydrogens is 349 g/mol. The summed E-state index contributed by atoms with van der Waals surface area (Å²) >= 11 is 6.16. The Morgan fingerprint density at radius 3 is 2.48 bits per heavy atom. The molecule has 6 heteroatoms. The van der Waals surface area contributed by atoms with Crippen molar-refractivity contribution in [3.63, 3.8) is 0 Å². The third-order valence-corrected chi connectivity index (χ3v) is 4.96. The molecule has 1 aliphatic carbocycles. The molecule has 0 radical (unpaired) electrons. The Morgan fingerprint density at radius 1 is 1.00 bits per heavy atom. The molecule has 0 aliphatic heterocycles. The summed E-state index contributed by atoms with van der Waals surface area (Å²) in [7, 11) is 0. The molecule has 0 saturated heterocycles.